The number of nitrogens with zero attached hydrogens (tertiary/aromatic N) is 1. The highest BCUT2D eigenvalue weighted by Crippen LogP contribution is 2.30. The van der Waals surface area contributed by atoms with Gasteiger partial charge in [0.2, 0.25) is 0 Å². The molecule has 0 spiro atoms. The first kappa shape index (κ1) is 14.8. The number of carbonyl (C=O) groups is 2. The summed E-state index contributed by atoms with van der Waals surface area (Å²) in [5, 5.41) is 12.1. The summed E-state index contributed by atoms with van der Waals surface area (Å²) in [7, 11) is 0. The lowest BCUT2D eigenvalue weighted by Crippen LogP contribution is -2.50. The minimum atomic E-state index is -0.762. The second-order valence-corrected chi connectivity index (χ2v) is 5.32. The fourth-order valence-corrected chi connectivity index (χ4v) is 2.18. The van der Waals surface area contributed by atoms with Gasteiger partial charge in [0.1, 0.15) is 0 Å². The van der Waals surface area contributed by atoms with Gasteiger partial charge >= 0.3 is 12.0 Å². The van der Waals surface area contributed by atoms with Crippen LogP contribution in [0, 0.1) is 5.41 Å². The number of piperidine rings is 1. The maximum atomic E-state index is 12.0. The lowest BCUT2D eigenvalue weighted by molar-refractivity contribution is -0.150. The summed E-state index contributed by atoms with van der Waals surface area (Å²) >= 11 is 0. The summed E-state index contributed by atoms with van der Waals surface area (Å²) in [5.74, 6) is -0.762. The summed E-state index contributed by atoms with van der Waals surface area (Å²) in [5.41, 5.74) is -0.675. The van der Waals surface area contributed by atoms with Gasteiger partial charge in [0, 0.05) is 19.1 Å². The standard InChI is InChI=1S/C13H24N2O3/c1-4-10(5-2)14-12(18)15-8-6-13(3,7-9-15)11(16)17/h10H,4-9H2,1-3H3,(H,14,18)(H,16,17). The Bertz CT molecular complexity index is 305. The molecule has 0 aromatic carbocycles. The van der Waals surface area contributed by atoms with E-state index in [9.17, 15) is 9.59 Å². The van der Waals surface area contributed by atoms with Gasteiger partial charge in [-0.05, 0) is 32.6 Å². The van der Waals surface area contributed by atoms with Gasteiger partial charge in [-0.25, -0.2) is 4.79 Å². The molecule has 104 valence electrons. The number of carbonyl (C=O) groups excluding carboxylic acids is 1. The zero-order valence-electron chi connectivity index (χ0n) is 11.5. The number of hydrogen-bond acceptors (Lipinski definition) is 2. The molecule has 1 fully saturated rings. The first-order valence-electron chi connectivity index (χ1n) is 6.71. The largest absolute Gasteiger partial charge is 0.481 e. The Morgan fingerprint density at radius 1 is 1.28 bits per heavy atom. The maximum absolute atomic E-state index is 12.0. The average Bonchev–Trinajstić information content (AvgIpc) is 2.36. The van der Waals surface area contributed by atoms with Crippen molar-refractivity contribution in [3.63, 3.8) is 0 Å². The van der Waals surface area contributed by atoms with Crippen LogP contribution >= 0.6 is 0 Å². The normalized spacial score (nSPS) is 18.8. The second kappa shape index (κ2) is 6.07. The molecule has 1 heterocycles. The highest BCUT2D eigenvalue weighted by Gasteiger charge is 2.38. The molecule has 1 saturated heterocycles. The van der Waals surface area contributed by atoms with E-state index in [1.807, 2.05) is 13.8 Å². The Kier molecular flexibility index (Phi) is 4.99. The Balaban J connectivity index is 2.48. The van der Waals surface area contributed by atoms with Crippen molar-refractivity contribution in [1.29, 1.82) is 0 Å². The van der Waals surface area contributed by atoms with Crippen molar-refractivity contribution in [2.75, 3.05) is 13.1 Å². The fourth-order valence-electron chi connectivity index (χ4n) is 2.18. The predicted octanol–water partition coefficient (Wildman–Crippen LogP) is 2.07. The van der Waals surface area contributed by atoms with Crippen LogP contribution in [0.4, 0.5) is 4.79 Å². The molecule has 0 bridgehead atoms. The van der Waals surface area contributed by atoms with Crippen molar-refractivity contribution in [3.8, 4) is 0 Å². The van der Waals surface area contributed by atoms with Gasteiger partial charge in [-0.3, -0.25) is 4.79 Å². The SMILES string of the molecule is CCC(CC)NC(=O)N1CCC(C)(C(=O)O)CC1. The van der Waals surface area contributed by atoms with Gasteiger partial charge in [0.25, 0.3) is 0 Å². The van der Waals surface area contributed by atoms with Crippen LogP contribution in [-0.2, 0) is 4.79 Å². The molecule has 1 rings (SSSR count). The van der Waals surface area contributed by atoms with Crippen molar-refractivity contribution in [2.45, 2.75) is 52.5 Å². The summed E-state index contributed by atoms with van der Waals surface area (Å²) in [4.78, 5) is 24.8. The number of amides is 2. The molecule has 2 N–H and O–H groups in total. The van der Waals surface area contributed by atoms with Crippen molar-refractivity contribution >= 4 is 12.0 Å². The molecule has 0 saturated carbocycles. The third-order valence-corrected chi connectivity index (χ3v) is 3.98. The van der Waals surface area contributed by atoms with E-state index < -0.39 is 11.4 Å². The molecule has 0 aliphatic carbocycles. The van der Waals surface area contributed by atoms with E-state index in [0.717, 1.165) is 12.8 Å². The van der Waals surface area contributed by atoms with Crippen molar-refractivity contribution < 1.29 is 14.7 Å². The molecule has 2 amide bonds. The molecule has 0 unspecified atom stereocenters. The van der Waals surface area contributed by atoms with E-state index in [4.69, 9.17) is 5.11 Å². The number of carboxylic acids is 1. The number of aliphatic carboxylic acids is 1. The van der Waals surface area contributed by atoms with Crippen LogP contribution in [-0.4, -0.2) is 41.1 Å². The maximum Gasteiger partial charge on any atom is 0.317 e. The fraction of sp³-hybridized carbons (Fsp3) is 0.846. The molecule has 0 atom stereocenters. The van der Waals surface area contributed by atoms with Gasteiger partial charge in [-0.1, -0.05) is 13.8 Å². The van der Waals surface area contributed by atoms with Crippen LogP contribution in [0.1, 0.15) is 46.5 Å². The van der Waals surface area contributed by atoms with E-state index in [-0.39, 0.29) is 12.1 Å². The summed E-state index contributed by atoms with van der Waals surface area (Å²) in [6.45, 7) is 6.90. The average molecular weight is 256 g/mol. The van der Waals surface area contributed by atoms with E-state index in [2.05, 4.69) is 5.32 Å². The van der Waals surface area contributed by atoms with Crippen LogP contribution in [0.15, 0.2) is 0 Å². The van der Waals surface area contributed by atoms with Gasteiger partial charge in [-0.2, -0.15) is 0 Å². The van der Waals surface area contributed by atoms with Crippen molar-refractivity contribution in [3.05, 3.63) is 0 Å². The third-order valence-electron chi connectivity index (χ3n) is 3.98. The molecule has 1 aliphatic rings. The Morgan fingerprint density at radius 2 is 1.78 bits per heavy atom. The summed E-state index contributed by atoms with van der Waals surface area (Å²) in [6.07, 6.45) is 2.89. The van der Waals surface area contributed by atoms with Gasteiger partial charge in [-0.15, -0.1) is 0 Å². The van der Waals surface area contributed by atoms with E-state index >= 15 is 0 Å². The third kappa shape index (κ3) is 3.37. The summed E-state index contributed by atoms with van der Waals surface area (Å²) in [6, 6.07) is 0.154. The van der Waals surface area contributed by atoms with Crippen LogP contribution in [0.25, 0.3) is 0 Å². The lowest BCUT2D eigenvalue weighted by Gasteiger charge is -2.37. The molecule has 5 nitrogen and oxygen atoms in total. The van der Waals surface area contributed by atoms with Gasteiger partial charge < -0.3 is 15.3 Å². The number of likely N-dealkylation sites (tertiary alicyclic amines) is 1. The highest BCUT2D eigenvalue weighted by molar-refractivity contribution is 5.77. The van der Waals surface area contributed by atoms with Crippen molar-refractivity contribution in [1.82, 2.24) is 10.2 Å². The molecule has 0 aromatic rings. The molecule has 18 heavy (non-hydrogen) atoms. The summed E-state index contributed by atoms with van der Waals surface area (Å²) < 4.78 is 0. The zero-order valence-corrected chi connectivity index (χ0v) is 11.5. The molecule has 1 aliphatic heterocycles. The van der Waals surface area contributed by atoms with Crippen LogP contribution in [0.3, 0.4) is 0 Å². The topological polar surface area (TPSA) is 69.6 Å². The van der Waals surface area contributed by atoms with Crippen LogP contribution in [0.5, 0.6) is 0 Å². The first-order chi connectivity index (χ1) is 8.42. The predicted molar refractivity (Wildman–Crippen MR) is 69.5 cm³/mol. The smallest absolute Gasteiger partial charge is 0.317 e. The lowest BCUT2D eigenvalue weighted by atomic mass is 9.80. The van der Waals surface area contributed by atoms with Gasteiger partial charge in [0.05, 0.1) is 5.41 Å². The number of rotatable bonds is 4. The highest BCUT2D eigenvalue weighted by atomic mass is 16.4. The van der Waals surface area contributed by atoms with Gasteiger partial charge in [0.15, 0.2) is 0 Å². The van der Waals surface area contributed by atoms with E-state index in [0.29, 0.717) is 25.9 Å². The minimum Gasteiger partial charge on any atom is -0.481 e. The number of hydrogen-bond donors (Lipinski definition) is 2. The van der Waals surface area contributed by atoms with E-state index in [1.54, 1.807) is 11.8 Å². The Morgan fingerprint density at radius 3 is 2.17 bits per heavy atom. The Hall–Kier alpha value is -1.26. The number of nitrogens with one attached hydrogen (secondary N) is 1. The first-order valence-corrected chi connectivity index (χ1v) is 6.71. The molecule has 5 heteroatoms. The van der Waals surface area contributed by atoms with Crippen LogP contribution < -0.4 is 5.32 Å². The molecular weight excluding hydrogens is 232 g/mol. The monoisotopic (exact) mass is 256 g/mol. The number of urea groups is 1. The number of carboxylic acid groups (broad SMARTS) is 1. The quantitative estimate of drug-likeness (QED) is 0.809. The molecular formula is C13H24N2O3. The minimum absolute atomic E-state index is 0.0591. The Labute approximate surface area is 109 Å². The van der Waals surface area contributed by atoms with Crippen LogP contribution in [0.2, 0.25) is 0 Å². The van der Waals surface area contributed by atoms with E-state index in [1.165, 1.54) is 0 Å². The second-order valence-electron chi connectivity index (χ2n) is 5.32. The molecule has 0 radical (unpaired) electrons. The van der Waals surface area contributed by atoms with Crippen molar-refractivity contribution in [2.24, 2.45) is 5.41 Å². The molecule has 0 aromatic heterocycles. The zero-order chi connectivity index (χ0) is 13.8.